The van der Waals surface area contributed by atoms with Crippen LogP contribution in [0, 0.1) is 11.7 Å². The lowest BCUT2D eigenvalue weighted by Gasteiger charge is -2.37. The third-order valence-electron chi connectivity index (χ3n) is 5.52. The third kappa shape index (κ3) is 5.07. The largest absolute Gasteiger partial charge is 0.342 e. The number of hydrogen-bond donors (Lipinski definition) is 1. The number of halogens is 1. The van der Waals surface area contributed by atoms with Crippen LogP contribution in [0.3, 0.4) is 0 Å². The summed E-state index contributed by atoms with van der Waals surface area (Å²) >= 11 is 0. The van der Waals surface area contributed by atoms with Crippen molar-refractivity contribution >= 4 is 5.91 Å². The lowest BCUT2D eigenvalue weighted by molar-refractivity contribution is 0.0870. The van der Waals surface area contributed by atoms with E-state index in [0.717, 1.165) is 43.7 Å². The van der Waals surface area contributed by atoms with Crippen LogP contribution < -0.4 is 5.32 Å². The number of carbonyl (C=O) groups is 1. The first-order valence-electron chi connectivity index (χ1n) is 10.3. The molecule has 4 rings (SSSR count). The highest BCUT2D eigenvalue weighted by atomic mass is 19.1. The lowest BCUT2D eigenvalue weighted by atomic mass is 9.88. The van der Waals surface area contributed by atoms with E-state index in [1.54, 1.807) is 24.5 Å². The van der Waals surface area contributed by atoms with Gasteiger partial charge in [-0.15, -0.1) is 0 Å². The van der Waals surface area contributed by atoms with Crippen molar-refractivity contribution in [3.8, 4) is 0 Å². The van der Waals surface area contributed by atoms with Crippen LogP contribution in [0.4, 0.5) is 4.39 Å². The van der Waals surface area contributed by atoms with Gasteiger partial charge in [0.1, 0.15) is 11.5 Å². The van der Waals surface area contributed by atoms with Crippen molar-refractivity contribution in [1.29, 1.82) is 0 Å². The van der Waals surface area contributed by atoms with Gasteiger partial charge in [0.05, 0.1) is 11.7 Å². The van der Waals surface area contributed by atoms with Crippen molar-refractivity contribution in [2.75, 3.05) is 13.1 Å². The van der Waals surface area contributed by atoms with E-state index in [1.165, 1.54) is 12.1 Å². The van der Waals surface area contributed by atoms with Gasteiger partial charge in [-0.05, 0) is 67.3 Å². The molecular weight excluding hydrogens is 379 g/mol. The van der Waals surface area contributed by atoms with Crippen molar-refractivity contribution in [2.24, 2.45) is 5.92 Å². The molecule has 0 spiro atoms. The topological polar surface area (TPSA) is 58.1 Å². The van der Waals surface area contributed by atoms with Gasteiger partial charge >= 0.3 is 0 Å². The number of benzene rings is 1. The van der Waals surface area contributed by atoms with Gasteiger partial charge in [-0.1, -0.05) is 24.3 Å². The molecule has 3 aromatic rings. The summed E-state index contributed by atoms with van der Waals surface area (Å²) in [5.74, 6) is -0.189. The second-order valence-corrected chi connectivity index (χ2v) is 7.68. The number of carbonyl (C=O) groups excluding carboxylic acids is 1. The Balaban J connectivity index is 1.51. The van der Waals surface area contributed by atoms with Gasteiger partial charge in [-0.3, -0.25) is 19.7 Å². The number of hydrogen-bond acceptors (Lipinski definition) is 4. The van der Waals surface area contributed by atoms with Crippen molar-refractivity contribution in [3.05, 3.63) is 95.8 Å². The molecule has 1 aromatic carbocycles. The molecule has 1 aliphatic rings. The van der Waals surface area contributed by atoms with E-state index < -0.39 is 0 Å². The summed E-state index contributed by atoms with van der Waals surface area (Å²) in [7, 11) is 0. The van der Waals surface area contributed by atoms with Crippen molar-refractivity contribution in [2.45, 2.75) is 25.4 Å². The molecule has 5 nitrogen and oxygen atoms in total. The maximum Gasteiger partial charge on any atom is 0.270 e. The molecule has 0 radical (unpaired) electrons. The highest BCUT2D eigenvalue weighted by Crippen LogP contribution is 2.30. The Bertz CT molecular complexity index is 950. The molecule has 0 bridgehead atoms. The Morgan fingerprint density at radius 1 is 1.07 bits per heavy atom. The maximum absolute atomic E-state index is 13.2. The van der Waals surface area contributed by atoms with Crippen molar-refractivity contribution < 1.29 is 9.18 Å². The monoisotopic (exact) mass is 404 g/mol. The Morgan fingerprint density at radius 2 is 1.83 bits per heavy atom. The Labute approximate surface area is 176 Å². The minimum absolute atomic E-state index is 0.193. The zero-order chi connectivity index (χ0) is 20.8. The predicted molar refractivity (Wildman–Crippen MR) is 113 cm³/mol. The van der Waals surface area contributed by atoms with Crippen LogP contribution in [0.1, 0.15) is 40.6 Å². The summed E-state index contributed by atoms with van der Waals surface area (Å²) in [6.07, 6.45) is 5.42. The molecule has 1 fully saturated rings. The maximum atomic E-state index is 13.2. The van der Waals surface area contributed by atoms with Crippen LogP contribution in [-0.2, 0) is 6.54 Å². The minimum atomic E-state index is -0.220. The molecule has 1 amide bonds. The molecule has 0 aliphatic carbocycles. The SMILES string of the molecule is O=C(N[C@H](c1ccccn1)[C@H]1CCCN(Cc2ccc(F)cc2)C1)c1ccccn1. The Hall–Kier alpha value is -3.12. The first-order chi connectivity index (χ1) is 14.7. The average Bonchev–Trinajstić information content (AvgIpc) is 2.80. The van der Waals surface area contributed by atoms with E-state index in [0.29, 0.717) is 5.69 Å². The predicted octanol–water partition coefficient (Wildman–Crippen LogP) is 4.00. The second kappa shape index (κ2) is 9.59. The number of piperidine rings is 1. The number of nitrogens with zero attached hydrogens (tertiary/aromatic N) is 3. The van der Waals surface area contributed by atoms with E-state index in [4.69, 9.17) is 0 Å². The molecule has 1 saturated heterocycles. The van der Waals surface area contributed by atoms with E-state index >= 15 is 0 Å². The zero-order valence-corrected chi connectivity index (χ0v) is 16.7. The summed E-state index contributed by atoms with van der Waals surface area (Å²) in [4.78, 5) is 23.9. The number of aromatic nitrogens is 2. The van der Waals surface area contributed by atoms with Crippen LogP contribution in [0.2, 0.25) is 0 Å². The highest BCUT2D eigenvalue weighted by Gasteiger charge is 2.30. The van der Waals surface area contributed by atoms with Crippen LogP contribution in [0.5, 0.6) is 0 Å². The fraction of sp³-hybridized carbons (Fsp3) is 0.292. The van der Waals surface area contributed by atoms with Crippen LogP contribution >= 0.6 is 0 Å². The molecule has 1 aliphatic heterocycles. The molecule has 0 unspecified atom stereocenters. The molecule has 1 N–H and O–H groups in total. The molecule has 2 atom stereocenters. The van der Waals surface area contributed by atoms with E-state index in [2.05, 4.69) is 20.2 Å². The highest BCUT2D eigenvalue weighted by molar-refractivity contribution is 5.92. The number of rotatable bonds is 6. The smallest absolute Gasteiger partial charge is 0.270 e. The van der Waals surface area contributed by atoms with Gasteiger partial charge in [-0.25, -0.2) is 4.39 Å². The third-order valence-corrected chi connectivity index (χ3v) is 5.52. The molecule has 3 heterocycles. The first-order valence-corrected chi connectivity index (χ1v) is 10.3. The summed E-state index contributed by atoms with van der Waals surface area (Å²) in [6, 6.07) is 17.6. The molecule has 0 saturated carbocycles. The standard InChI is InChI=1S/C24H25FN4O/c25-20-11-9-18(10-12-20)16-29-15-5-6-19(17-29)23(21-7-1-3-13-26-21)28-24(30)22-8-2-4-14-27-22/h1-4,7-14,19,23H,5-6,15-17H2,(H,28,30)/t19-,23-/m0/s1. The van der Waals surface area contributed by atoms with Gasteiger partial charge in [0.25, 0.3) is 5.91 Å². The van der Waals surface area contributed by atoms with Crippen molar-refractivity contribution in [1.82, 2.24) is 20.2 Å². The fourth-order valence-corrected chi connectivity index (χ4v) is 4.06. The number of nitrogens with one attached hydrogen (secondary N) is 1. The number of likely N-dealkylation sites (tertiary alicyclic amines) is 1. The normalized spacial score (nSPS) is 18.0. The fourth-order valence-electron chi connectivity index (χ4n) is 4.06. The molecular formula is C24H25FN4O. The summed E-state index contributed by atoms with van der Waals surface area (Å²) < 4.78 is 13.2. The Morgan fingerprint density at radius 3 is 2.53 bits per heavy atom. The zero-order valence-electron chi connectivity index (χ0n) is 16.7. The van der Waals surface area contributed by atoms with E-state index in [9.17, 15) is 9.18 Å². The van der Waals surface area contributed by atoms with Crippen LogP contribution in [-0.4, -0.2) is 33.9 Å². The summed E-state index contributed by atoms with van der Waals surface area (Å²) in [5.41, 5.74) is 2.34. The first kappa shape index (κ1) is 20.2. The van der Waals surface area contributed by atoms with Gasteiger partial charge in [0, 0.05) is 25.5 Å². The van der Waals surface area contributed by atoms with Crippen molar-refractivity contribution in [3.63, 3.8) is 0 Å². The molecule has 6 heteroatoms. The number of amides is 1. The molecule has 154 valence electrons. The average molecular weight is 404 g/mol. The quantitative estimate of drug-likeness (QED) is 0.675. The summed E-state index contributed by atoms with van der Waals surface area (Å²) in [6.45, 7) is 2.58. The second-order valence-electron chi connectivity index (χ2n) is 7.68. The van der Waals surface area contributed by atoms with Gasteiger partial charge in [0.15, 0.2) is 0 Å². The number of pyridine rings is 2. The molecule has 2 aromatic heterocycles. The van der Waals surface area contributed by atoms with Gasteiger partial charge < -0.3 is 5.32 Å². The van der Waals surface area contributed by atoms with E-state index in [1.807, 2.05) is 36.4 Å². The summed E-state index contributed by atoms with van der Waals surface area (Å²) in [5, 5.41) is 3.17. The van der Waals surface area contributed by atoms with Gasteiger partial charge in [-0.2, -0.15) is 0 Å². The van der Waals surface area contributed by atoms with Gasteiger partial charge in [0.2, 0.25) is 0 Å². The minimum Gasteiger partial charge on any atom is -0.342 e. The molecule has 30 heavy (non-hydrogen) atoms. The van der Waals surface area contributed by atoms with Crippen LogP contribution in [0.25, 0.3) is 0 Å². The van der Waals surface area contributed by atoms with Crippen LogP contribution in [0.15, 0.2) is 73.1 Å². The Kier molecular flexibility index (Phi) is 6.44. The van der Waals surface area contributed by atoms with E-state index in [-0.39, 0.29) is 23.7 Å². The lowest BCUT2D eigenvalue weighted by Crippen LogP contribution is -2.43.